The Bertz CT molecular complexity index is 946. The number of Topliss-reactive ketones (excluding diaryl/α,β-unsaturated/α-hetero) is 1. The minimum absolute atomic E-state index is 0.119. The molecule has 3 rings (SSSR count). The molecule has 1 aliphatic heterocycles. The van der Waals surface area contributed by atoms with Gasteiger partial charge in [0, 0.05) is 18.7 Å². The number of benzene rings is 2. The number of methoxy groups -OCH3 is 1. The molecular formula is C24H28N2O4. The van der Waals surface area contributed by atoms with Gasteiger partial charge in [-0.05, 0) is 43.8 Å². The molecule has 0 spiro atoms. The number of aliphatic hydroxyl groups excluding tert-OH is 1. The summed E-state index contributed by atoms with van der Waals surface area (Å²) in [4.78, 5) is 29.3. The largest absolute Gasteiger partial charge is 0.507 e. The van der Waals surface area contributed by atoms with Crippen LogP contribution in [0.4, 0.5) is 0 Å². The number of amides is 1. The van der Waals surface area contributed by atoms with Gasteiger partial charge in [0.1, 0.15) is 11.5 Å². The molecule has 0 radical (unpaired) electrons. The third kappa shape index (κ3) is 4.24. The number of hydrogen-bond acceptors (Lipinski definition) is 5. The topological polar surface area (TPSA) is 70.1 Å². The van der Waals surface area contributed by atoms with Crippen LogP contribution in [0, 0.1) is 0 Å². The van der Waals surface area contributed by atoms with Gasteiger partial charge in [-0.25, -0.2) is 0 Å². The maximum absolute atomic E-state index is 13.0. The smallest absolute Gasteiger partial charge is 0.295 e. The van der Waals surface area contributed by atoms with Crippen LogP contribution >= 0.6 is 0 Å². The summed E-state index contributed by atoms with van der Waals surface area (Å²) >= 11 is 0. The summed E-state index contributed by atoms with van der Waals surface area (Å²) in [6.07, 6.45) is 0.877. The molecule has 0 saturated carbocycles. The van der Waals surface area contributed by atoms with E-state index in [1.807, 2.05) is 43.3 Å². The van der Waals surface area contributed by atoms with Crippen LogP contribution in [0.15, 0.2) is 54.1 Å². The molecule has 1 N–H and O–H groups in total. The van der Waals surface area contributed by atoms with Crippen LogP contribution in [0.1, 0.15) is 29.7 Å². The summed E-state index contributed by atoms with van der Waals surface area (Å²) < 4.78 is 5.23. The van der Waals surface area contributed by atoms with Crippen molar-refractivity contribution in [3.05, 3.63) is 70.8 Å². The highest BCUT2D eigenvalue weighted by atomic mass is 16.5. The summed E-state index contributed by atoms with van der Waals surface area (Å²) in [5.41, 5.74) is 2.52. The molecule has 1 aliphatic rings. The van der Waals surface area contributed by atoms with Crippen LogP contribution in [0.5, 0.6) is 5.75 Å². The van der Waals surface area contributed by atoms with Crippen molar-refractivity contribution in [3.63, 3.8) is 0 Å². The lowest BCUT2D eigenvalue weighted by Gasteiger charge is -2.26. The second-order valence-corrected chi connectivity index (χ2v) is 7.62. The monoisotopic (exact) mass is 408 g/mol. The Morgan fingerprint density at radius 2 is 1.70 bits per heavy atom. The zero-order chi connectivity index (χ0) is 21.8. The van der Waals surface area contributed by atoms with E-state index in [-0.39, 0.29) is 11.3 Å². The van der Waals surface area contributed by atoms with E-state index < -0.39 is 17.7 Å². The molecule has 1 unspecified atom stereocenters. The van der Waals surface area contributed by atoms with Crippen LogP contribution in [-0.2, 0) is 16.0 Å². The van der Waals surface area contributed by atoms with Gasteiger partial charge in [-0.1, -0.05) is 43.3 Å². The summed E-state index contributed by atoms with van der Waals surface area (Å²) in [6.45, 7) is 3.03. The number of ether oxygens (including phenoxy) is 1. The maximum Gasteiger partial charge on any atom is 0.295 e. The average molecular weight is 408 g/mol. The van der Waals surface area contributed by atoms with E-state index in [0.29, 0.717) is 24.4 Å². The number of ketones is 1. The van der Waals surface area contributed by atoms with Crippen LogP contribution in [0.3, 0.4) is 0 Å². The molecule has 6 nitrogen and oxygen atoms in total. The number of likely N-dealkylation sites (N-methyl/N-ethyl adjacent to an activating group) is 1. The lowest BCUT2D eigenvalue weighted by molar-refractivity contribution is -0.140. The molecule has 1 fully saturated rings. The fraction of sp³-hybridized carbons (Fsp3) is 0.333. The molecular weight excluding hydrogens is 380 g/mol. The molecule has 0 aromatic heterocycles. The third-order valence-corrected chi connectivity index (χ3v) is 5.40. The number of likely N-dealkylation sites (tertiary alicyclic amines) is 1. The van der Waals surface area contributed by atoms with Crippen molar-refractivity contribution >= 4 is 17.4 Å². The van der Waals surface area contributed by atoms with Crippen molar-refractivity contribution in [2.45, 2.75) is 19.4 Å². The number of hydrogen-bond donors (Lipinski definition) is 1. The summed E-state index contributed by atoms with van der Waals surface area (Å²) in [5.74, 6) is -0.723. The normalized spacial score (nSPS) is 18.3. The van der Waals surface area contributed by atoms with Gasteiger partial charge in [0.25, 0.3) is 11.7 Å². The average Bonchev–Trinajstić information content (AvgIpc) is 3.02. The first kappa shape index (κ1) is 21.6. The van der Waals surface area contributed by atoms with Gasteiger partial charge in [-0.3, -0.25) is 9.59 Å². The van der Waals surface area contributed by atoms with Gasteiger partial charge >= 0.3 is 0 Å². The van der Waals surface area contributed by atoms with E-state index in [9.17, 15) is 14.7 Å². The van der Waals surface area contributed by atoms with Crippen molar-refractivity contribution in [2.24, 2.45) is 0 Å². The Hall–Kier alpha value is -3.12. The lowest BCUT2D eigenvalue weighted by atomic mass is 9.95. The van der Waals surface area contributed by atoms with Crippen LogP contribution < -0.4 is 4.74 Å². The third-order valence-electron chi connectivity index (χ3n) is 5.40. The first-order valence-electron chi connectivity index (χ1n) is 10.0. The first-order chi connectivity index (χ1) is 14.4. The van der Waals surface area contributed by atoms with Gasteiger partial charge in [-0.2, -0.15) is 0 Å². The highest BCUT2D eigenvalue weighted by Crippen LogP contribution is 2.39. The molecule has 0 aliphatic carbocycles. The molecule has 30 heavy (non-hydrogen) atoms. The standard InChI is InChI=1S/C24H28N2O4/c1-5-16-6-8-18(9-7-16)22(27)20-21(17-10-12-19(30-4)13-11-17)26(15-14-25(2)3)24(29)23(20)28/h6-13,21,27H,5,14-15H2,1-4H3/b22-20-. The van der Waals surface area contributed by atoms with E-state index in [4.69, 9.17) is 4.74 Å². The number of aryl methyl sites for hydroxylation is 1. The SMILES string of the molecule is CCc1ccc(/C(O)=C2/C(=O)C(=O)N(CCN(C)C)C2c2ccc(OC)cc2)cc1. The van der Waals surface area contributed by atoms with Crippen molar-refractivity contribution < 1.29 is 19.4 Å². The van der Waals surface area contributed by atoms with E-state index in [0.717, 1.165) is 17.5 Å². The zero-order valence-electron chi connectivity index (χ0n) is 17.9. The van der Waals surface area contributed by atoms with Gasteiger partial charge in [-0.15, -0.1) is 0 Å². The van der Waals surface area contributed by atoms with Crippen LogP contribution in [0.25, 0.3) is 5.76 Å². The first-order valence-corrected chi connectivity index (χ1v) is 10.0. The second-order valence-electron chi connectivity index (χ2n) is 7.62. The summed E-state index contributed by atoms with van der Waals surface area (Å²) in [5, 5.41) is 11.0. The van der Waals surface area contributed by atoms with Gasteiger partial charge in [0.05, 0.1) is 18.7 Å². The predicted octanol–water partition coefficient (Wildman–Crippen LogP) is 3.24. The van der Waals surface area contributed by atoms with E-state index in [1.54, 1.807) is 31.4 Å². The molecule has 2 aromatic rings. The van der Waals surface area contributed by atoms with Crippen LogP contribution in [-0.4, -0.2) is 60.9 Å². The number of carbonyl (C=O) groups is 2. The van der Waals surface area contributed by atoms with E-state index in [1.165, 1.54) is 4.90 Å². The fourth-order valence-electron chi connectivity index (χ4n) is 3.60. The van der Waals surface area contributed by atoms with Gasteiger partial charge in [0.15, 0.2) is 0 Å². The summed E-state index contributed by atoms with van der Waals surface area (Å²) in [6, 6.07) is 14.0. The minimum Gasteiger partial charge on any atom is -0.507 e. The Morgan fingerprint density at radius 1 is 1.07 bits per heavy atom. The number of carbonyl (C=O) groups excluding carboxylic acids is 2. The highest BCUT2D eigenvalue weighted by molar-refractivity contribution is 6.46. The zero-order valence-corrected chi connectivity index (χ0v) is 17.9. The molecule has 1 heterocycles. The van der Waals surface area contributed by atoms with E-state index in [2.05, 4.69) is 6.92 Å². The number of rotatable bonds is 7. The van der Waals surface area contributed by atoms with Crippen molar-refractivity contribution in [1.82, 2.24) is 9.80 Å². The van der Waals surface area contributed by atoms with E-state index >= 15 is 0 Å². The Morgan fingerprint density at radius 3 is 2.23 bits per heavy atom. The second kappa shape index (κ2) is 9.13. The summed E-state index contributed by atoms with van der Waals surface area (Å²) in [7, 11) is 5.40. The Kier molecular flexibility index (Phi) is 6.57. The van der Waals surface area contributed by atoms with Gasteiger partial charge in [0.2, 0.25) is 0 Å². The fourth-order valence-corrected chi connectivity index (χ4v) is 3.60. The van der Waals surface area contributed by atoms with Crippen LogP contribution in [0.2, 0.25) is 0 Å². The van der Waals surface area contributed by atoms with Crippen molar-refractivity contribution in [3.8, 4) is 5.75 Å². The quantitative estimate of drug-likeness (QED) is 0.433. The minimum atomic E-state index is -0.661. The van der Waals surface area contributed by atoms with Crippen molar-refractivity contribution in [2.75, 3.05) is 34.3 Å². The molecule has 1 amide bonds. The number of nitrogens with zero attached hydrogens (tertiary/aromatic N) is 2. The Labute approximate surface area is 177 Å². The lowest BCUT2D eigenvalue weighted by Crippen LogP contribution is -2.35. The molecule has 0 bridgehead atoms. The molecule has 2 aromatic carbocycles. The van der Waals surface area contributed by atoms with Gasteiger partial charge < -0.3 is 19.6 Å². The van der Waals surface area contributed by atoms with Crippen molar-refractivity contribution in [1.29, 1.82) is 0 Å². The molecule has 158 valence electrons. The maximum atomic E-state index is 13.0. The number of aliphatic hydroxyl groups is 1. The predicted molar refractivity (Wildman–Crippen MR) is 116 cm³/mol. The highest BCUT2D eigenvalue weighted by Gasteiger charge is 2.45. The molecule has 6 heteroatoms. The Balaban J connectivity index is 2.11. The molecule has 1 saturated heterocycles. The molecule has 1 atom stereocenters.